The van der Waals surface area contributed by atoms with Crippen LogP contribution in [0.15, 0.2) is 36.7 Å². The van der Waals surface area contributed by atoms with Crippen molar-refractivity contribution in [3.05, 3.63) is 47.8 Å². The molecule has 164 valence electrons. The second-order valence-electron chi connectivity index (χ2n) is 8.58. The Labute approximate surface area is 181 Å². The van der Waals surface area contributed by atoms with Gasteiger partial charge >= 0.3 is 0 Å². The molecule has 1 aliphatic carbocycles. The first-order chi connectivity index (χ1) is 14.6. The predicted octanol–water partition coefficient (Wildman–Crippen LogP) is 3.76. The van der Waals surface area contributed by atoms with Gasteiger partial charge in [0.05, 0.1) is 11.9 Å². The topological polar surface area (TPSA) is 62.2 Å². The molecule has 0 amide bonds. The minimum absolute atomic E-state index is 0.611. The van der Waals surface area contributed by atoms with Crippen molar-refractivity contribution >= 4 is 12.0 Å². The van der Waals surface area contributed by atoms with Crippen molar-refractivity contribution in [1.82, 2.24) is 20.0 Å². The molecule has 6 nitrogen and oxygen atoms in total. The smallest absolute Gasteiger partial charge is 0.150 e. The third-order valence-corrected chi connectivity index (χ3v) is 6.10. The predicted molar refractivity (Wildman–Crippen MR) is 123 cm³/mol. The SMILES string of the molecule is CCCCn1cc(NC)cn1.CN1CCC(NC2CC2c2cccc(C=O)c2)CC1. The maximum Gasteiger partial charge on any atom is 0.150 e. The molecule has 2 aromatic rings. The highest BCUT2D eigenvalue weighted by Crippen LogP contribution is 2.41. The van der Waals surface area contributed by atoms with Crippen molar-refractivity contribution in [2.75, 3.05) is 32.5 Å². The molecule has 6 heteroatoms. The lowest BCUT2D eigenvalue weighted by Gasteiger charge is -2.29. The number of hydrogen-bond acceptors (Lipinski definition) is 5. The number of carbonyl (C=O) groups is 1. The Morgan fingerprint density at radius 2 is 2.07 bits per heavy atom. The van der Waals surface area contributed by atoms with Gasteiger partial charge in [-0.25, -0.2) is 0 Å². The van der Waals surface area contributed by atoms with Gasteiger partial charge in [-0.2, -0.15) is 5.10 Å². The summed E-state index contributed by atoms with van der Waals surface area (Å²) >= 11 is 0. The summed E-state index contributed by atoms with van der Waals surface area (Å²) in [5.41, 5.74) is 3.19. The van der Waals surface area contributed by atoms with E-state index in [4.69, 9.17) is 0 Å². The van der Waals surface area contributed by atoms with Crippen LogP contribution in [0.3, 0.4) is 0 Å². The standard InChI is InChI=1S/C16H22N2O.C8H15N3/c1-18-7-5-14(6-8-18)17-16-10-15(16)13-4-2-3-12(9-13)11-19;1-3-4-5-11-7-8(9-2)6-10-11/h2-4,9,11,14-17H,5-8,10H2,1H3;6-7,9H,3-5H2,1-2H3. The Morgan fingerprint density at radius 1 is 1.27 bits per heavy atom. The molecular formula is C24H37N5O. The van der Waals surface area contributed by atoms with Crippen molar-refractivity contribution in [3.8, 4) is 0 Å². The lowest BCUT2D eigenvalue weighted by atomic mass is 10.0. The van der Waals surface area contributed by atoms with Crippen LogP contribution in [0.4, 0.5) is 5.69 Å². The van der Waals surface area contributed by atoms with Crippen molar-refractivity contribution in [3.63, 3.8) is 0 Å². The van der Waals surface area contributed by atoms with Gasteiger partial charge in [-0.1, -0.05) is 31.5 Å². The fourth-order valence-electron chi connectivity index (χ4n) is 4.02. The van der Waals surface area contributed by atoms with Gasteiger partial charge in [-0.05, 0) is 57.5 Å². The average molecular weight is 412 g/mol. The Bertz CT molecular complexity index is 781. The second kappa shape index (κ2) is 11.3. The monoisotopic (exact) mass is 411 g/mol. The van der Waals surface area contributed by atoms with Crippen LogP contribution in [0.5, 0.6) is 0 Å². The third-order valence-electron chi connectivity index (χ3n) is 6.10. The zero-order chi connectivity index (χ0) is 21.3. The van der Waals surface area contributed by atoms with Gasteiger partial charge in [0.2, 0.25) is 0 Å². The van der Waals surface area contributed by atoms with Crippen LogP contribution in [0, 0.1) is 0 Å². The number of nitrogens with zero attached hydrogens (tertiary/aromatic N) is 3. The van der Waals surface area contributed by atoms with E-state index in [9.17, 15) is 4.79 Å². The van der Waals surface area contributed by atoms with E-state index in [1.807, 2.05) is 42.3 Å². The van der Waals surface area contributed by atoms with Crippen LogP contribution in [-0.2, 0) is 6.54 Å². The van der Waals surface area contributed by atoms with E-state index in [0.717, 1.165) is 24.1 Å². The van der Waals surface area contributed by atoms with Gasteiger partial charge in [0.15, 0.2) is 0 Å². The van der Waals surface area contributed by atoms with Crippen molar-refractivity contribution < 1.29 is 4.79 Å². The van der Waals surface area contributed by atoms with Crippen LogP contribution in [0.2, 0.25) is 0 Å². The quantitative estimate of drug-likeness (QED) is 0.648. The number of aldehydes is 1. The lowest BCUT2D eigenvalue weighted by molar-refractivity contribution is 0.112. The van der Waals surface area contributed by atoms with E-state index in [1.54, 1.807) is 0 Å². The summed E-state index contributed by atoms with van der Waals surface area (Å²) in [6.45, 7) is 5.62. The highest BCUT2D eigenvalue weighted by atomic mass is 16.1. The average Bonchev–Trinajstić information content (AvgIpc) is 3.39. The maximum atomic E-state index is 10.8. The molecule has 1 saturated heterocycles. The Kier molecular flexibility index (Phi) is 8.46. The van der Waals surface area contributed by atoms with Crippen LogP contribution in [0.1, 0.15) is 60.9 Å². The number of benzene rings is 1. The van der Waals surface area contributed by atoms with Crippen LogP contribution >= 0.6 is 0 Å². The molecule has 30 heavy (non-hydrogen) atoms. The molecule has 0 spiro atoms. The number of anilines is 1. The van der Waals surface area contributed by atoms with Crippen LogP contribution < -0.4 is 10.6 Å². The molecule has 1 aromatic heterocycles. The minimum Gasteiger partial charge on any atom is -0.386 e. The number of carbonyl (C=O) groups excluding carboxylic acids is 1. The molecule has 2 aliphatic rings. The van der Waals surface area contributed by atoms with E-state index in [1.165, 1.54) is 50.8 Å². The molecule has 0 radical (unpaired) electrons. The summed E-state index contributed by atoms with van der Waals surface area (Å²) in [6.07, 6.45) is 11.0. The highest BCUT2D eigenvalue weighted by molar-refractivity contribution is 5.75. The fourth-order valence-corrected chi connectivity index (χ4v) is 4.02. The van der Waals surface area contributed by atoms with E-state index >= 15 is 0 Å². The van der Waals surface area contributed by atoms with E-state index < -0.39 is 0 Å². The zero-order valence-corrected chi connectivity index (χ0v) is 18.7. The highest BCUT2D eigenvalue weighted by Gasteiger charge is 2.39. The molecule has 2 fully saturated rings. The second-order valence-corrected chi connectivity index (χ2v) is 8.58. The number of nitrogens with one attached hydrogen (secondary N) is 2. The minimum atomic E-state index is 0.611. The van der Waals surface area contributed by atoms with Gasteiger partial charge in [-0.15, -0.1) is 0 Å². The number of unbranched alkanes of at least 4 members (excludes halogenated alkanes) is 1. The number of aromatic nitrogens is 2. The first kappa shape index (κ1) is 22.5. The molecule has 2 heterocycles. The zero-order valence-electron chi connectivity index (χ0n) is 18.7. The lowest BCUT2D eigenvalue weighted by Crippen LogP contribution is -2.42. The van der Waals surface area contributed by atoms with Crippen LogP contribution in [0.25, 0.3) is 0 Å². The van der Waals surface area contributed by atoms with Gasteiger partial charge in [0, 0.05) is 43.4 Å². The Balaban J connectivity index is 0.000000199. The molecule has 2 N–H and O–H groups in total. The Hall–Kier alpha value is -2.18. The molecular weight excluding hydrogens is 374 g/mol. The van der Waals surface area contributed by atoms with Gasteiger partial charge in [0.1, 0.15) is 6.29 Å². The summed E-state index contributed by atoms with van der Waals surface area (Å²) in [5, 5.41) is 11.0. The molecule has 2 atom stereocenters. The maximum absolute atomic E-state index is 10.8. The molecule has 0 bridgehead atoms. The van der Waals surface area contributed by atoms with E-state index in [2.05, 4.69) is 40.7 Å². The van der Waals surface area contributed by atoms with Gasteiger partial charge in [0.25, 0.3) is 0 Å². The summed E-state index contributed by atoms with van der Waals surface area (Å²) in [6, 6.07) is 9.35. The van der Waals surface area contributed by atoms with Gasteiger partial charge in [-0.3, -0.25) is 9.48 Å². The summed E-state index contributed by atoms with van der Waals surface area (Å²) in [7, 11) is 4.10. The largest absolute Gasteiger partial charge is 0.386 e. The number of hydrogen-bond donors (Lipinski definition) is 2. The van der Waals surface area contributed by atoms with Gasteiger partial charge < -0.3 is 15.5 Å². The van der Waals surface area contributed by atoms with Crippen molar-refractivity contribution in [2.24, 2.45) is 0 Å². The molecule has 4 rings (SSSR count). The van der Waals surface area contributed by atoms with Crippen molar-refractivity contribution in [1.29, 1.82) is 0 Å². The van der Waals surface area contributed by atoms with Crippen LogP contribution in [-0.4, -0.2) is 60.2 Å². The number of likely N-dealkylation sites (tertiary alicyclic amines) is 1. The molecule has 2 unspecified atom stereocenters. The first-order valence-corrected chi connectivity index (χ1v) is 11.3. The number of rotatable bonds is 8. The summed E-state index contributed by atoms with van der Waals surface area (Å²) < 4.78 is 1.97. The van der Waals surface area contributed by atoms with Crippen molar-refractivity contribution in [2.45, 2.75) is 63.6 Å². The Morgan fingerprint density at radius 3 is 2.73 bits per heavy atom. The third kappa shape index (κ3) is 6.67. The summed E-state index contributed by atoms with van der Waals surface area (Å²) in [4.78, 5) is 13.2. The first-order valence-electron chi connectivity index (χ1n) is 11.3. The molecule has 1 saturated carbocycles. The number of aryl methyl sites for hydroxylation is 1. The molecule has 1 aliphatic heterocycles. The van der Waals surface area contributed by atoms with E-state index in [-0.39, 0.29) is 0 Å². The summed E-state index contributed by atoms with van der Waals surface area (Å²) in [5.74, 6) is 0.611. The van der Waals surface area contributed by atoms with E-state index in [0.29, 0.717) is 18.0 Å². The normalized spacial score (nSPS) is 21.6. The fraction of sp³-hybridized carbons (Fsp3) is 0.583. The molecule has 1 aromatic carbocycles. The number of piperidine rings is 1.